The molecule has 0 spiro atoms. The molecule has 0 amide bonds. The highest BCUT2D eigenvalue weighted by molar-refractivity contribution is 9.10. The van der Waals surface area contributed by atoms with Crippen LogP contribution in [-0.2, 0) is 6.54 Å². The SMILES string of the molecule is O=[N+]([O-])c1ccc(Br)cc1CNc1cc(F)c(F)c(F)c1. The van der Waals surface area contributed by atoms with Crippen molar-refractivity contribution < 1.29 is 18.1 Å². The van der Waals surface area contributed by atoms with Crippen molar-refractivity contribution in [2.45, 2.75) is 6.54 Å². The Labute approximate surface area is 125 Å². The largest absolute Gasteiger partial charge is 0.381 e. The molecule has 0 saturated carbocycles. The standard InChI is InChI=1S/C13H8BrF3N2O2/c14-8-1-2-12(19(20)21)7(3-8)6-18-9-4-10(15)13(17)11(16)5-9/h1-5,18H,6H2. The number of nitro groups is 1. The van der Waals surface area contributed by atoms with Crippen LogP contribution in [0.15, 0.2) is 34.8 Å². The van der Waals surface area contributed by atoms with Crippen LogP contribution < -0.4 is 5.32 Å². The predicted molar refractivity (Wildman–Crippen MR) is 74.4 cm³/mol. The average molecular weight is 361 g/mol. The number of nitrogens with zero attached hydrogens (tertiary/aromatic N) is 1. The van der Waals surface area contributed by atoms with Gasteiger partial charge >= 0.3 is 0 Å². The summed E-state index contributed by atoms with van der Waals surface area (Å²) in [5.74, 6) is -4.23. The van der Waals surface area contributed by atoms with E-state index < -0.39 is 22.4 Å². The minimum atomic E-state index is -1.56. The van der Waals surface area contributed by atoms with Crippen LogP contribution in [0.2, 0.25) is 0 Å². The topological polar surface area (TPSA) is 55.2 Å². The molecule has 0 bridgehead atoms. The van der Waals surface area contributed by atoms with Gasteiger partial charge in [0.15, 0.2) is 17.5 Å². The lowest BCUT2D eigenvalue weighted by molar-refractivity contribution is -0.385. The molecule has 8 heteroatoms. The molecular formula is C13H8BrF3N2O2. The fraction of sp³-hybridized carbons (Fsp3) is 0.0769. The maximum absolute atomic E-state index is 13.1. The van der Waals surface area contributed by atoms with Crippen molar-refractivity contribution in [2.24, 2.45) is 0 Å². The normalized spacial score (nSPS) is 10.5. The van der Waals surface area contributed by atoms with Crippen LogP contribution in [0.4, 0.5) is 24.5 Å². The number of rotatable bonds is 4. The van der Waals surface area contributed by atoms with Crippen LogP contribution in [0.3, 0.4) is 0 Å². The molecule has 0 heterocycles. The Hall–Kier alpha value is -2.09. The van der Waals surface area contributed by atoms with Crippen LogP contribution in [0.25, 0.3) is 0 Å². The van der Waals surface area contributed by atoms with Crippen LogP contribution in [0.5, 0.6) is 0 Å². The van der Waals surface area contributed by atoms with Gasteiger partial charge in [-0.2, -0.15) is 0 Å². The lowest BCUT2D eigenvalue weighted by Gasteiger charge is -2.08. The van der Waals surface area contributed by atoms with E-state index in [9.17, 15) is 23.3 Å². The Morgan fingerprint density at radius 3 is 2.33 bits per heavy atom. The van der Waals surface area contributed by atoms with E-state index >= 15 is 0 Å². The fourth-order valence-corrected chi connectivity index (χ4v) is 2.14. The summed E-state index contributed by atoms with van der Waals surface area (Å²) in [5, 5.41) is 13.5. The summed E-state index contributed by atoms with van der Waals surface area (Å²) in [6.45, 7) is -0.0414. The van der Waals surface area contributed by atoms with Crippen LogP contribution >= 0.6 is 15.9 Å². The van der Waals surface area contributed by atoms with Crippen molar-refractivity contribution in [1.29, 1.82) is 0 Å². The Bertz CT molecular complexity index is 687. The van der Waals surface area contributed by atoms with Crippen LogP contribution in [0, 0.1) is 27.6 Å². The summed E-state index contributed by atoms with van der Waals surface area (Å²) in [6.07, 6.45) is 0. The zero-order chi connectivity index (χ0) is 15.6. The molecular weight excluding hydrogens is 353 g/mol. The highest BCUT2D eigenvalue weighted by Gasteiger charge is 2.15. The Morgan fingerprint density at radius 1 is 1.14 bits per heavy atom. The molecule has 0 atom stereocenters. The molecule has 0 aliphatic rings. The molecule has 0 aliphatic heterocycles. The number of hydrogen-bond acceptors (Lipinski definition) is 3. The van der Waals surface area contributed by atoms with Gasteiger partial charge < -0.3 is 5.32 Å². The van der Waals surface area contributed by atoms with Crippen molar-refractivity contribution >= 4 is 27.3 Å². The third-order valence-electron chi connectivity index (χ3n) is 2.71. The smallest absolute Gasteiger partial charge is 0.274 e. The minimum Gasteiger partial charge on any atom is -0.381 e. The maximum Gasteiger partial charge on any atom is 0.274 e. The number of nitrogens with one attached hydrogen (secondary N) is 1. The maximum atomic E-state index is 13.1. The summed E-state index contributed by atoms with van der Waals surface area (Å²) in [5.41, 5.74) is 0.175. The first-order valence-electron chi connectivity index (χ1n) is 5.69. The van der Waals surface area contributed by atoms with Gasteiger partial charge in [0.2, 0.25) is 0 Å². The zero-order valence-electron chi connectivity index (χ0n) is 10.4. The first-order valence-corrected chi connectivity index (χ1v) is 6.49. The predicted octanol–water partition coefficient (Wildman–Crippen LogP) is 4.39. The lowest BCUT2D eigenvalue weighted by atomic mass is 10.1. The zero-order valence-corrected chi connectivity index (χ0v) is 12.0. The van der Waals surface area contributed by atoms with Gasteiger partial charge in [-0.1, -0.05) is 15.9 Å². The van der Waals surface area contributed by atoms with E-state index in [-0.39, 0.29) is 17.9 Å². The second-order valence-electron chi connectivity index (χ2n) is 4.14. The average Bonchev–Trinajstić information content (AvgIpc) is 2.42. The first kappa shape index (κ1) is 15.3. The number of nitro benzene ring substituents is 1. The van der Waals surface area contributed by atoms with Gasteiger partial charge in [0.25, 0.3) is 5.69 Å². The van der Waals surface area contributed by atoms with Gasteiger partial charge in [0.05, 0.1) is 4.92 Å². The van der Waals surface area contributed by atoms with Crippen LogP contribution in [-0.4, -0.2) is 4.92 Å². The number of halogens is 4. The van der Waals surface area contributed by atoms with E-state index in [0.29, 0.717) is 10.0 Å². The van der Waals surface area contributed by atoms with E-state index in [1.54, 1.807) is 0 Å². The van der Waals surface area contributed by atoms with Gasteiger partial charge in [0, 0.05) is 40.5 Å². The third kappa shape index (κ3) is 3.52. The lowest BCUT2D eigenvalue weighted by Crippen LogP contribution is -2.04. The Morgan fingerprint density at radius 2 is 1.76 bits per heavy atom. The molecule has 0 fully saturated rings. The van der Waals surface area contributed by atoms with E-state index in [1.165, 1.54) is 18.2 Å². The van der Waals surface area contributed by atoms with E-state index in [1.807, 2.05) is 0 Å². The second kappa shape index (κ2) is 6.13. The van der Waals surface area contributed by atoms with Crippen molar-refractivity contribution in [3.63, 3.8) is 0 Å². The number of benzene rings is 2. The molecule has 21 heavy (non-hydrogen) atoms. The van der Waals surface area contributed by atoms with Gasteiger partial charge in [0.1, 0.15) is 0 Å². The molecule has 2 rings (SSSR count). The number of hydrogen-bond donors (Lipinski definition) is 1. The monoisotopic (exact) mass is 360 g/mol. The van der Waals surface area contributed by atoms with Crippen molar-refractivity contribution in [3.05, 3.63) is 67.9 Å². The van der Waals surface area contributed by atoms with Gasteiger partial charge in [-0.25, -0.2) is 13.2 Å². The van der Waals surface area contributed by atoms with Crippen molar-refractivity contribution in [2.75, 3.05) is 5.32 Å². The Kier molecular flexibility index (Phi) is 4.46. The molecule has 2 aromatic carbocycles. The summed E-state index contributed by atoms with van der Waals surface area (Å²) >= 11 is 3.18. The quantitative estimate of drug-likeness (QED) is 0.499. The Balaban J connectivity index is 2.24. The van der Waals surface area contributed by atoms with Gasteiger partial charge in [-0.05, 0) is 12.1 Å². The molecule has 0 aliphatic carbocycles. The summed E-state index contributed by atoms with van der Waals surface area (Å²) in [7, 11) is 0. The summed E-state index contributed by atoms with van der Waals surface area (Å²) < 4.78 is 39.6. The first-order chi connectivity index (χ1) is 9.88. The molecule has 0 aromatic heterocycles. The highest BCUT2D eigenvalue weighted by atomic mass is 79.9. The van der Waals surface area contributed by atoms with E-state index in [4.69, 9.17) is 0 Å². The van der Waals surface area contributed by atoms with Crippen LogP contribution in [0.1, 0.15) is 5.56 Å². The molecule has 0 saturated heterocycles. The summed E-state index contributed by atoms with van der Waals surface area (Å²) in [4.78, 5) is 10.3. The molecule has 110 valence electrons. The van der Waals surface area contributed by atoms with Crippen molar-refractivity contribution in [1.82, 2.24) is 0 Å². The summed E-state index contributed by atoms with van der Waals surface area (Å²) in [6, 6.07) is 5.90. The second-order valence-corrected chi connectivity index (χ2v) is 5.05. The molecule has 0 radical (unpaired) electrons. The number of anilines is 1. The molecule has 4 nitrogen and oxygen atoms in total. The van der Waals surface area contributed by atoms with E-state index in [0.717, 1.165) is 12.1 Å². The third-order valence-corrected chi connectivity index (χ3v) is 3.20. The van der Waals surface area contributed by atoms with Gasteiger partial charge in [-0.3, -0.25) is 10.1 Å². The van der Waals surface area contributed by atoms with Crippen molar-refractivity contribution in [3.8, 4) is 0 Å². The molecule has 0 unspecified atom stereocenters. The van der Waals surface area contributed by atoms with E-state index in [2.05, 4.69) is 21.2 Å². The minimum absolute atomic E-state index is 0.0133. The molecule has 1 N–H and O–H groups in total. The fourth-order valence-electron chi connectivity index (χ4n) is 1.73. The highest BCUT2D eigenvalue weighted by Crippen LogP contribution is 2.25. The molecule has 2 aromatic rings. The van der Waals surface area contributed by atoms with Gasteiger partial charge in [-0.15, -0.1) is 0 Å².